The number of unbranched alkanes of at least 4 members (excludes halogenated alkanes) is 9. The third kappa shape index (κ3) is 7.76. The van der Waals surface area contributed by atoms with Crippen molar-refractivity contribution in [1.29, 1.82) is 0 Å². The summed E-state index contributed by atoms with van der Waals surface area (Å²) in [6.45, 7) is 2.23. The molecule has 0 aromatic heterocycles. The Morgan fingerprint density at radius 2 is 1.29 bits per heavy atom. The van der Waals surface area contributed by atoms with Crippen LogP contribution in [0, 0.1) is 0 Å². The second kappa shape index (κ2) is 13.0. The monoisotopic (exact) mass is 348 g/mol. The van der Waals surface area contributed by atoms with Crippen molar-refractivity contribution in [3.05, 3.63) is 0 Å². The maximum atomic E-state index is 9.84. The molecule has 0 aliphatic carbocycles. The van der Waals surface area contributed by atoms with Crippen molar-refractivity contribution in [2.24, 2.45) is 0 Å². The van der Waals surface area contributed by atoms with Gasteiger partial charge in [0.2, 0.25) is 0 Å². The van der Waals surface area contributed by atoms with Crippen LogP contribution in [-0.4, -0.2) is 64.3 Å². The average Bonchev–Trinajstić information content (AvgIpc) is 2.59. The highest BCUT2D eigenvalue weighted by Gasteiger charge is 2.43. The Kier molecular flexibility index (Phi) is 11.8. The second-order valence-electron chi connectivity index (χ2n) is 6.75. The van der Waals surface area contributed by atoms with E-state index in [1.54, 1.807) is 0 Å². The van der Waals surface area contributed by atoms with E-state index in [0.29, 0.717) is 6.61 Å². The van der Waals surface area contributed by atoms with Crippen molar-refractivity contribution in [2.75, 3.05) is 13.2 Å². The van der Waals surface area contributed by atoms with Crippen LogP contribution in [0.3, 0.4) is 0 Å². The summed E-state index contributed by atoms with van der Waals surface area (Å²) in [5.74, 6) is 0. The lowest BCUT2D eigenvalue weighted by atomic mass is 9.99. The Morgan fingerprint density at radius 3 is 1.83 bits per heavy atom. The molecule has 0 aromatic carbocycles. The lowest BCUT2D eigenvalue weighted by molar-refractivity contribution is -0.301. The number of aliphatic hydroxyl groups is 4. The first-order chi connectivity index (χ1) is 11.6. The first-order valence-corrected chi connectivity index (χ1v) is 9.54. The number of hydrogen-bond acceptors (Lipinski definition) is 6. The Bertz CT molecular complexity index is 299. The molecule has 0 amide bonds. The smallest absolute Gasteiger partial charge is 0.186 e. The summed E-state index contributed by atoms with van der Waals surface area (Å²) in [7, 11) is 0. The van der Waals surface area contributed by atoms with E-state index >= 15 is 0 Å². The molecule has 1 saturated heterocycles. The predicted molar refractivity (Wildman–Crippen MR) is 91.6 cm³/mol. The molecule has 1 fully saturated rings. The van der Waals surface area contributed by atoms with Gasteiger partial charge in [-0.1, -0.05) is 64.7 Å². The van der Waals surface area contributed by atoms with Gasteiger partial charge < -0.3 is 29.9 Å². The molecule has 0 spiro atoms. The molecule has 4 N–H and O–H groups in total. The zero-order chi connectivity index (χ0) is 17.8. The van der Waals surface area contributed by atoms with Crippen molar-refractivity contribution in [3.8, 4) is 0 Å². The van der Waals surface area contributed by atoms with Gasteiger partial charge in [-0.3, -0.25) is 0 Å². The normalized spacial score (nSPS) is 30.6. The van der Waals surface area contributed by atoms with Crippen molar-refractivity contribution >= 4 is 0 Å². The van der Waals surface area contributed by atoms with Gasteiger partial charge in [0.1, 0.15) is 24.4 Å². The van der Waals surface area contributed by atoms with Gasteiger partial charge in [-0.15, -0.1) is 0 Å². The molecule has 1 unspecified atom stereocenters. The SMILES string of the molecule is CCCCCCCCCCCCOC1O[C@H](CO)[C@H](O)[C@H](O)[C@H]1O. The Balaban J connectivity index is 2.02. The van der Waals surface area contributed by atoms with Crippen LogP contribution in [0.1, 0.15) is 71.1 Å². The van der Waals surface area contributed by atoms with Gasteiger partial charge in [0.15, 0.2) is 6.29 Å². The summed E-state index contributed by atoms with van der Waals surface area (Å²) < 4.78 is 10.8. The molecule has 24 heavy (non-hydrogen) atoms. The molecule has 5 atom stereocenters. The molecule has 0 radical (unpaired) electrons. The molecule has 144 valence electrons. The summed E-state index contributed by atoms with van der Waals surface area (Å²) >= 11 is 0. The number of rotatable bonds is 13. The molecular weight excluding hydrogens is 312 g/mol. The van der Waals surface area contributed by atoms with Crippen molar-refractivity contribution < 1.29 is 29.9 Å². The lowest BCUT2D eigenvalue weighted by Gasteiger charge is -2.39. The van der Waals surface area contributed by atoms with E-state index < -0.39 is 37.3 Å². The third-order valence-corrected chi connectivity index (χ3v) is 4.63. The molecule has 6 heteroatoms. The fraction of sp³-hybridized carbons (Fsp3) is 1.00. The first-order valence-electron chi connectivity index (χ1n) is 9.54. The van der Waals surface area contributed by atoms with Gasteiger partial charge in [0.05, 0.1) is 6.61 Å². The average molecular weight is 348 g/mol. The van der Waals surface area contributed by atoms with Crippen LogP contribution in [0.5, 0.6) is 0 Å². The van der Waals surface area contributed by atoms with E-state index in [1.807, 2.05) is 0 Å². The van der Waals surface area contributed by atoms with Crippen LogP contribution < -0.4 is 0 Å². The largest absolute Gasteiger partial charge is 0.394 e. The second-order valence-corrected chi connectivity index (χ2v) is 6.75. The zero-order valence-electron chi connectivity index (χ0n) is 15.0. The lowest BCUT2D eigenvalue weighted by Crippen LogP contribution is -2.59. The quantitative estimate of drug-likeness (QED) is 0.378. The summed E-state index contributed by atoms with van der Waals surface area (Å²) in [6, 6.07) is 0. The molecular formula is C18H36O6. The fourth-order valence-electron chi connectivity index (χ4n) is 2.99. The fourth-order valence-corrected chi connectivity index (χ4v) is 2.99. The van der Waals surface area contributed by atoms with Crippen LogP contribution in [0.2, 0.25) is 0 Å². The molecule has 1 aliphatic heterocycles. The Morgan fingerprint density at radius 1 is 0.750 bits per heavy atom. The Hall–Kier alpha value is -0.240. The Labute approximate surface area is 145 Å². The molecule has 6 nitrogen and oxygen atoms in total. The summed E-state index contributed by atoms with van der Waals surface area (Å²) in [4.78, 5) is 0. The molecule has 0 bridgehead atoms. The highest BCUT2D eigenvalue weighted by atomic mass is 16.7. The van der Waals surface area contributed by atoms with Crippen molar-refractivity contribution in [3.63, 3.8) is 0 Å². The summed E-state index contributed by atoms with van der Waals surface area (Å²) in [6.07, 6.45) is 6.37. The van der Waals surface area contributed by atoms with Gasteiger partial charge >= 0.3 is 0 Å². The van der Waals surface area contributed by atoms with E-state index in [0.717, 1.165) is 12.8 Å². The van der Waals surface area contributed by atoms with Gasteiger partial charge in [-0.2, -0.15) is 0 Å². The van der Waals surface area contributed by atoms with Gasteiger partial charge in [-0.25, -0.2) is 0 Å². The topological polar surface area (TPSA) is 99.4 Å². The highest BCUT2D eigenvalue weighted by molar-refractivity contribution is 4.88. The minimum atomic E-state index is -1.37. The molecule has 1 heterocycles. The first kappa shape index (κ1) is 21.8. The highest BCUT2D eigenvalue weighted by Crippen LogP contribution is 2.22. The van der Waals surface area contributed by atoms with E-state index in [4.69, 9.17) is 14.6 Å². The van der Waals surface area contributed by atoms with E-state index in [-0.39, 0.29) is 0 Å². The van der Waals surface area contributed by atoms with E-state index in [2.05, 4.69) is 6.92 Å². The third-order valence-electron chi connectivity index (χ3n) is 4.63. The minimum absolute atomic E-state index is 0.428. The van der Waals surface area contributed by atoms with Crippen LogP contribution in [0.25, 0.3) is 0 Å². The van der Waals surface area contributed by atoms with Gasteiger partial charge in [-0.05, 0) is 6.42 Å². The van der Waals surface area contributed by atoms with Crippen molar-refractivity contribution in [2.45, 2.75) is 102 Å². The maximum absolute atomic E-state index is 9.84. The van der Waals surface area contributed by atoms with Crippen LogP contribution in [-0.2, 0) is 9.47 Å². The number of aliphatic hydroxyl groups excluding tert-OH is 4. The van der Waals surface area contributed by atoms with Crippen LogP contribution in [0.15, 0.2) is 0 Å². The molecule has 1 rings (SSSR count). The maximum Gasteiger partial charge on any atom is 0.186 e. The number of hydrogen-bond donors (Lipinski definition) is 4. The summed E-state index contributed by atoms with van der Waals surface area (Å²) in [5.41, 5.74) is 0. The predicted octanol–water partition coefficient (Wildman–Crippen LogP) is 1.72. The molecule has 0 aromatic rings. The standard InChI is InChI=1S/C18H36O6/c1-2-3-4-5-6-7-8-9-10-11-12-23-18-17(22)16(21)15(20)14(13-19)24-18/h14-22H,2-13H2,1H3/t14-,15+,16+,17-,18?/m1/s1. The molecule has 1 aliphatic rings. The van der Waals surface area contributed by atoms with Gasteiger partial charge in [0, 0.05) is 6.61 Å². The van der Waals surface area contributed by atoms with E-state index in [1.165, 1.54) is 51.4 Å². The number of ether oxygens (including phenoxy) is 2. The minimum Gasteiger partial charge on any atom is -0.394 e. The molecule has 0 saturated carbocycles. The van der Waals surface area contributed by atoms with E-state index in [9.17, 15) is 15.3 Å². The zero-order valence-corrected chi connectivity index (χ0v) is 15.0. The van der Waals surface area contributed by atoms with Crippen LogP contribution >= 0.6 is 0 Å². The summed E-state index contributed by atoms with van der Waals surface area (Å²) in [5, 5.41) is 38.3. The van der Waals surface area contributed by atoms with Gasteiger partial charge in [0.25, 0.3) is 0 Å². The van der Waals surface area contributed by atoms with Crippen molar-refractivity contribution in [1.82, 2.24) is 0 Å². The van der Waals surface area contributed by atoms with Crippen LogP contribution in [0.4, 0.5) is 0 Å².